The quantitative estimate of drug-likeness (QED) is 0.823. The molecule has 2 nitrogen and oxygen atoms in total. The van der Waals surface area contributed by atoms with Crippen LogP contribution in [0.4, 0.5) is 5.69 Å². The molecular formula is C12H15BrN2. The third kappa shape index (κ3) is 3.06. The Hall–Kier alpha value is -0.830. The van der Waals surface area contributed by atoms with Crippen LogP contribution in [0.3, 0.4) is 0 Å². The highest BCUT2D eigenvalue weighted by Crippen LogP contribution is 2.20. The molecule has 0 atom stereocenters. The Morgan fingerprint density at radius 3 is 2.80 bits per heavy atom. The van der Waals surface area contributed by atoms with E-state index in [-0.39, 0.29) is 0 Å². The third-order valence-electron chi connectivity index (χ3n) is 2.46. The van der Waals surface area contributed by atoms with Crippen LogP contribution in [0.2, 0.25) is 0 Å². The van der Waals surface area contributed by atoms with E-state index in [2.05, 4.69) is 51.4 Å². The van der Waals surface area contributed by atoms with E-state index in [0.717, 1.165) is 29.0 Å². The summed E-state index contributed by atoms with van der Waals surface area (Å²) < 4.78 is 1.11. The second kappa shape index (κ2) is 4.79. The second-order valence-corrected chi connectivity index (χ2v) is 4.84. The zero-order valence-electron chi connectivity index (χ0n) is 8.89. The number of nitrogens with zero attached hydrogens (tertiary/aromatic N) is 1. The van der Waals surface area contributed by atoms with Gasteiger partial charge in [-0.1, -0.05) is 15.9 Å². The van der Waals surface area contributed by atoms with Gasteiger partial charge in [0.25, 0.3) is 0 Å². The van der Waals surface area contributed by atoms with Crippen LogP contribution in [0.25, 0.3) is 0 Å². The molecule has 0 aliphatic carbocycles. The molecule has 1 N–H and O–H groups in total. The minimum atomic E-state index is 0.968. The highest BCUT2D eigenvalue weighted by Gasteiger charge is 2.05. The molecule has 1 heterocycles. The van der Waals surface area contributed by atoms with Gasteiger partial charge >= 0.3 is 0 Å². The normalized spacial score (nSPS) is 16.0. The van der Waals surface area contributed by atoms with Crippen molar-refractivity contribution in [2.45, 2.75) is 26.2 Å². The van der Waals surface area contributed by atoms with Gasteiger partial charge < -0.3 is 5.32 Å². The number of hydrogen-bond acceptors (Lipinski definition) is 2. The molecule has 0 spiro atoms. The van der Waals surface area contributed by atoms with Crippen molar-refractivity contribution in [1.29, 1.82) is 0 Å². The van der Waals surface area contributed by atoms with Crippen LogP contribution in [0.1, 0.15) is 24.8 Å². The second-order valence-electron chi connectivity index (χ2n) is 3.93. The van der Waals surface area contributed by atoms with Gasteiger partial charge in [-0.3, -0.25) is 4.99 Å². The van der Waals surface area contributed by atoms with Crippen molar-refractivity contribution in [3.05, 3.63) is 28.2 Å². The fourth-order valence-electron chi connectivity index (χ4n) is 1.77. The maximum atomic E-state index is 4.47. The smallest absolute Gasteiger partial charge is 0.101 e. The van der Waals surface area contributed by atoms with E-state index in [1.165, 1.54) is 18.4 Å². The van der Waals surface area contributed by atoms with Crippen LogP contribution in [-0.4, -0.2) is 12.4 Å². The number of aliphatic imine (C=N–C) groups is 1. The Kier molecular flexibility index (Phi) is 3.41. The zero-order valence-corrected chi connectivity index (χ0v) is 10.5. The lowest BCUT2D eigenvalue weighted by molar-refractivity contribution is 0.737. The van der Waals surface area contributed by atoms with E-state index in [1.807, 2.05) is 0 Å². The Morgan fingerprint density at radius 2 is 2.13 bits per heavy atom. The molecule has 0 saturated carbocycles. The van der Waals surface area contributed by atoms with Crippen molar-refractivity contribution in [2.75, 3.05) is 11.9 Å². The predicted octanol–water partition coefficient (Wildman–Crippen LogP) is 3.75. The largest absolute Gasteiger partial charge is 0.344 e. The Balaban J connectivity index is 2.12. The maximum Gasteiger partial charge on any atom is 0.101 e. The highest BCUT2D eigenvalue weighted by atomic mass is 79.9. The maximum absolute atomic E-state index is 4.47. The van der Waals surface area contributed by atoms with E-state index in [9.17, 15) is 0 Å². The van der Waals surface area contributed by atoms with Gasteiger partial charge in [-0.05, 0) is 43.5 Å². The first-order chi connectivity index (χ1) is 7.24. The molecule has 3 heteroatoms. The molecule has 0 fully saturated rings. The third-order valence-corrected chi connectivity index (χ3v) is 2.91. The van der Waals surface area contributed by atoms with E-state index in [1.54, 1.807) is 0 Å². The number of amidine groups is 1. The number of nitrogens with one attached hydrogen (secondary N) is 1. The molecule has 2 rings (SSSR count). The Bertz CT molecular complexity index is 365. The van der Waals surface area contributed by atoms with Crippen LogP contribution in [0.15, 0.2) is 27.7 Å². The summed E-state index contributed by atoms with van der Waals surface area (Å²) in [5.74, 6) is 1.12. The summed E-state index contributed by atoms with van der Waals surface area (Å²) in [5.41, 5.74) is 2.38. The van der Waals surface area contributed by atoms with E-state index in [4.69, 9.17) is 0 Å². The van der Waals surface area contributed by atoms with Crippen molar-refractivity contribution in [1.82, 2.24) is 0 Å². The minimum absolute atomic E-state index is 0.968. The lowest BCUT2D eigenvalue weighted by atomic mass is 10.1. The SMILES string of the molecule is Cc1cc(Br)cc(NC2=NCCCC2)c1. The number of anilines is 1. The van der Waals surface area contributed by atoms with Crippen LogP contribution < -0.4 is 5.32 Å². The summed E-state index contributed by atoms with van der Waals surface area (Å²) in [6.07, 6.45) is 3.55. The molecule has 0 unspecified atom stereocenters. The standard InChI is InChI=1S/C12H15BrN2/c1-9-6-10(13)8-11(7-9)15-12-4-2-3-5-14-12/h6-8H,2-5H2,1H3,(H,14,15). The fraction of sp³-hybridized carbons (Fsp3) is 0.417. The minimum Gasteiger partial charge on any atom is -0.344 e. The summed E-state index contributed by atoms with van der Waals surface area (Å²) in [6.45, 7) is 3.06. The molecule has 80 valence electrons. The van der Waals surface area contributed by atoms with Crippen LogP contribution in [-0.2, 0) is 0 Å². The monoisotopic (exact) mass is 266 g/mol. The van der Waals surface area contributed by atoms with Crippen LogP contribution in [0.5, 0.6) is 0 Å². The van der Waals surface area contributed by atoms with Gasteiger partial charge in [0.1, 0.15) is 5.84 Å². The molecule has 0 aromatic heterocycles. The van der Waals surface area contributed by atoms with E-state index in [0.29, 0.717) is 0 Å². The lowest BCUT2D eigenvalue weighted by Crippen LogP contribution is -2.16. The van der Waals surface area contributed by atoms with Crippen LogP contribution in [0, 0.1) is 6.92 Å². The molecule has 1 aliphatic heterocycles. The van der Waals surface area contributed by atoms with Gasteiger partial charge in [0, 0.05) is 23.1 Å². The van der Waals surface area contributed by atoms with E-state index >= 15 is 0 Å². The predicted molar refractivity (Wildman–Crippen MR) is 68.7 cm³/mol. The van der Waals surface area contributed by atoms with Gasteiger partial charge in [-0.15, -0.1) is 0 Å². The first kappa shape index (κ1) is 10.7. The molecule has 0 amide bonds. The summed E-state index contributed by atoms with van der Waals surface area (Å²) in [6, 6.07) is 6.33. The fourth-order valence-corrected chi connectivity index (χ4v) is 2.38. The molecule has 1 aromatic carbocycles. The Morgan fingerprint density at radius 1 is 1.27 bits per heavy atom. The number of hydrogen-bond donors (Lipinski definition) is 1. The number of rotatable bonds is 1. The summed E-state index contributed by atoms with van der Waals surface area (Å²) in [5, 5.41) is 3.38. The van der Waals surface area contributed by atoms with Crippen molar-refractivity contribution in [3.63, 3.8) is 0 Å². The average molecular weight is 267 g/mol. The van der Waals surface area contributed by atoms with Crippen molar-refractivity contribution in [2.24, 2.45) is 4.99 Å². The topological polar surface area (TPSA) is 24.4 Å². The first-order valence-electron chi connectivity index (χ1n) is 5.31. The zero-order chi connectivity index (χ0) is 10.7. The Labute approximate surface area is 98.9 Å². The molecule has 0 bridgehead atoms. The molecule has 0 radical (unpaired) electrons. The molecule has 15 heavy (non-hydrogen) atoms. The van der Waals surface area contributed by atoms with Crippen molar-refractivity contribution < 1.29 is 0 Å². The number of aryl methyl sites for hydroxylation is 1. The number of halogens is 1. The summed E-state index contributed by atoms with van der Waals surface area (Å²) >= 11 is 3.50. The lowest BCUT2D eigenvalue weighted by Gasteiger charge is -2.14. The van der Waals surface area contributed by atoms with Crippen molar-refractivity contribution in [3.8, 4) is 0 Å². The van der Waals surface area contributed by atoms with Gasteiger partial charge in [0.15, 0.2) is 0 Å². The molecular weight excluding hydrogens is 252 g/mol. The first-order valence-corrected chi connectivity index (χ1v) is 6.11. The number of benzene rings is 1. The van der Waals surface area contributed by atoms with Crippen LogP contribution >= 0.6 is 15.9 Å². The van der Waals surface area contributed by atoms with Gasteiger partial charge in [0.05, 0.1) is 0 Å². The summed E-state index contributed by atoms with van der Waals surface area (Å²) in [7, 11) is 0. The van der Waals surface area contributed by atoms with Gasteiger partial charge in [-0.25, -0.2) is 0 Å². The van der Waals surface area contributed by atoms with Gasteiger partial charge in [0.2, 0.25) is 0 Å². The van der Waals surface area contributed by atoms with E-state index < -0.39 is 0 Å². The average Bonchev–Trinajstić information content (AvgIpc) is 2.17. The highest BCUT2D eigenvalue weighted by molar-refractivity contribution is 9.10. The molecule has 0 saturated heterocycles. The molecule has 1 aliphatic rings. The van der Waals surface area contributed by atoms with Crippen molar-refractivity contribution >= 4 is 27.5 Å². The summed E-state index contributed by atoms with van der Waals surface area (Å²) in [4.78, 5) is 4.47. The molecule has 1 aromatic rings. The van der Waals surface area contributed by atoms with Gasteiger partial charge in [-0.2, -0.15) is 0 Å².